The van der Waals surface area contributed by atoms with Crippen molar-refractivity contribution in [1.29, 1.82) is 0 Å². The number of hydrogen-bond donors (Lipinski definition) is 0. The Morgan fingerprint density at radius 1 is 1.22 bits per heavy atom. The number of nitrogens with zero attached hydrogens (tertiary/aromatic N) is 4. The Hall–Kier alpha value is -3.45. The van der Waals surface area contributed by atoms with Crippen LogP contribution >= 0.6 is 11.6 Å². The van der Waals surface area contributed by atoms with Gasteiger partial charge in [-0.05, 0) is 57.7 Å². The van der Waals surface area contributed by atoms with Crippen molar-refractivity contribution in [1.82, 2.24) is 14.6 Å². The maximum atomic E-state index is 11.4. The molecule has 1 aliphatic carbocycles. The van der Waals surface area contributed by atoms with Gasteiger partial charge in [-0.2, -0.15) is 5.10 Å². The second-order valence-corrected chi connectivity index (χ2v) is 8.24. The molecule has 0 bridgehead atoms. The van der Waals surface area contributed by atoms with Crippen LogP contribution in [0.15, 0.2) is 65.3 Å². The molecule has 164 valence electrons. The molecule has 7 nitrogen and oxygen atoms in total. The predicted molar refractivity (Wildman–Crippen MR) is 124 cm³/mol. The van der Waals surface area contributed by atoms with Crippen LogP contribution in [0.2, 0.25) is 5.15 Å². The normalized spacial score (nSPS) is 14.7. The Labute approximate surface area is 191 Å². The van der Waals surface area contributed by atoms with Crippen LogP contribution in [0.5, 0.6) is 5.75 Å². The van der Waals surface area contributed by atoms with Crippen LogP contribution in [-0.4, -0.2) is 27.3 Å². The third-order valence-electron chi connectivity index (χ3n) is 5.09. The molecule has 1 fully saturated rings. The molecule has 3 heterocycles. The van der Waals surface area contributed by atoms with Gasteiger partial charge in [-0.25, -0.2) is 14.5 Å². The summed E-state index contributed by atoms with van der Waals surface area (Å²) in [5.74, 6) is 0.643. The van der Waals surface area contributed by atoms with E-state index in [0.29, 0.717) is 22.5 Å². The Morgan fingerprint density at radius 3 is 2.62 bits per heavy atom. The van der Waals surface area contributed by atoms with Gasteiger partial charge >= 0.3 is 5.97 Å². The van der Waals surface area contributed by atoms with Crippen molar-refractivity contribution < 1.29 is 14.3 Å². The van der Waals surface area contributed by atoms with E-state index < -0.39 is 5.60 Å². The minimum absolute atomic E-state index is 0.325. The van der Waals surface area contributed by atoms with E-state index >= 15 is 0 Å². The van der Waals surface area contributed by atoms with E-state index in [1.54, 1.807) is 23.0 Å². The lowest BCUT2D eigenvalue weighted by Gasteiger charge is -2.17. The van der Waals surface area contributed by atoms with E-state index in [2.05, 4.69) is 21.8 Å². The summed E-state index contributed by atoms with van der Waals surface area (Å²) in [6, 6.07) is 7.47. The second kappa shape index (κ2) is 8.59. The number of hydrogen-bond acceptors (Lipinski definition) is 6. The number of ether oxygens (including phenoxy) is 2. The Kier molecular flexibility index (Phi) is 5.84. The van der Waals surface area contributed by atoms with Crippen molar-refractivity contribution in [2.45, 2.75) is 39.2 Å². The minimum Gasteiger partial charge on any atom is -0.454 e. The smallest absolute Gasteiger partial charge is 0.303 e. The number of aromatic nitrogens is 3. The highest BCUT2D eigenvalue weighted by Gasteiger charge is 2.49. The summed E-state index contributed by atoms with van der Waals surface area (Å²) < 4.78 is 13.0. The number of carbonyl (C=O) groups is 1. The van der Waals surface area contributed by atoms with E-state index in [-0.39, 0.29) is 5.97 Å². The average Bonchev–Trinajstić information content (AvgIpc) is 3.38. The first-order valence-electron chi connectivity index (χ1n) is 10.2. The van der Waals surface area contributed by atoms with E-state index in [1.165, 1.54) is 6.92 Å². The van der Waals surface area contributed by atoms with Gasteiger partial charge in [0.25, 0.3) is 0 Å². The van der Waals surface area contributed by atoms with Crippen LogP contribution in [0.3, 0.4) is 0 Å². The largest absolute Gasteiger partial charge is 0.454 e. The number of allylic oxidation sites excluding steroid dienone is 3. The standard InChI is InChI=1S/C24H23ClN4O3/c1-15(2)5-10-22(26-4)31-17-6-9-21-18(13-27-29(21)14-17)20-8-7-19(23(25)28-20)24(11-12-24)32-16(3)30/h5-10,13-14H,4,11-12H2,1-3H3/b22-10+. The molecule has 0 saturated heterocycles. The lowest BCUT2D eigenvalue weighted by Crippen LogP contribution is -2.16. The first kappa shape index (κ1) is 21.8. The molecule has 0 amide bonds. The van der Waals surface area contributed by atoms with Crippen molar-refractivity contribution in [3.8, 4) is 17.0 Å². The first-order chi connectivity index (χ1) is 15.3. The molecule has 0 N–H and O–H groups in total. The lowest BCUT2D eigenvalue weighted by atomic mass is 10.1. The quantitative estimate of drug-likeness (QED) is 0.156. The highest BCUT2D eigenvalue weighted by atomic mass is 35.5. The molecule has 0 aliphatic heterocycles. The first-order valence-corrected chi connectivity index (χ1v) is 10.5. The zero-order valence-corrected chi connectivity index (χ0v) is 18.9. The molecule has 3 aromatic heterocycles. The number of rotatable bonds is 7. The number of aliphatic imine (C=N–C) groups is 1. The van der Waals surface area contributed by atoms with Crippen molar-refractivity contribution in [2.75, 3.05) is 0 Å². The Bertz CT molecular complexity index is 1270. The predicted octanol–water partition coefficient (Wildman–Crippen LogP) is 5.49. The van der Waals surface area contributed by atoms with Crippen molar-refractivity contribution in [3.05, 3.63) is 71.0 Å². The molecular weight excluding hydrogens is 428 g/mol. The number of carbonyl (C=O) groups excluding carboxylic acids is 1. The van der Waals surface area contributed by atoms with Gasteiger partial charge in [0.1, 0.15) is 16.5 Å². The fourth-order valence-corrected chi connectivity index (χ4v) is 3.77. The zero-order chi connectivity index (χ0) is 22.9. The molecule has 0 unspecified atom stereocenters. The molecule has 32 heavy (non-hydrogen) atoms. The van der Waals surface area contributed by atoms with Crippen LogP contribution in [-0.2, 0) is 15.1 Å². The minimum atomic E-state index is -0.641. The monoisotopic (exact) mass is 450 g/mol. The van der Waals surface area contributed by atoms with Gasteiger partial charge in [0, 0.05) is 24.1 Å². The fraction of sp³-hybridized carbons (Fsp3) is 0.250. The van der Waals surface area contributed by atoms with Crippen molar-refractivity contribution in [2.24, 2.45) is 4.99 Å². The fourth-order valence-electron chi connectivity index (χ4n) is 3.44. The summed E-state index contributed by atoms with van der Waals surface area (Å²) in [7, 11) is 0. The summed E-state index contributed by atoms with van der Waals surface area (Å²) >= 11 is 6.48. The number of esters is 1. The molecule has 8 heteroatoms. The summed E-state index contributed by atoms with van der Waals surface area (Å²) in [4.78, 5) is 19.9. The number of fused-ring (bicyclic) bond motifs is 1. The van der Waals surface area contributed by atoms with Gasteiger partial charge in [0.05, 0.1) is 23.6 Å². The second-order valence-electron chi connectivity index (χ2n) is 7.88. The van der Waals surface area contributed by atoms with Crippen molar-refractivity contribution >= 4 is 29.8 Å². The lowest BCUT2D eigenvalue weighted by molar-refractivity contribution is -0.149. The summed E-state index contributed by atoms with van der Waals surface area (Å²) in [5, 5.41) is 4.75. The number of pyridine rings is 2. The zero-order valence-electron chi connectivity index (χ0n) is 18.1. The Morgan fingerprint density at radius 2 is 2.00 bits per heavy atom. The van der Waals surface area contributed by atoms with Crippen molar-refractivity contribution in [3.63, 3.8) is 0 Å². The Balaban J connectivity index is 1.62. The van der Waals surface area contributed by atoms with Gasteiger partial charge in [0.15, 0.2) is 0 Å². The molecule has 1 saturated carbocycles. The average molecular weight is 451 g/mol. The summed E-state index contributed by atoms with van der Waals surface area (Å²) in [6.07, 6.45) is 8.64. The highest BCUT2D eigenvalue weighted by molar-refractivity contribution is 6.30. The van der Waals surface area contributed by atoms with Crippen LogP contribution in [0.4, 0.5) is 0 Å². The van der Waals surface area contributed by atoms with E-state index in [4.69, 9.17) is 21.1 Å². The maximum Gasteiger partial charge on any atom is 0.303 e. The molecule has 0 atom stereocenters. The summed E-state index contributed by atoms with van der Waals surface area (Å²) in [5.41, 5.74) is 3.56. The topological polar surface area (TPSA) is 78.1 Å². The maximum absolute atomic E-state index is 11.4. The third-order valence-corrected chi connectivity index (χ3v) is 5.37. The number of halogens is 1. The van der Waals surface area contributed by atoms with Crippen LogP contribution < -0.4 is 4.74 Å². The highest BCUT2D eigenvalue weighted by Crippen LogP contribution is 2.51. The van der Waals surface area contributed by atoms with Gasteiger partial charge in [-0.15, -0.1) is 0 Å². The molecule has 3 aromatic rings. The third kappa shape index (κ3) is 4.43. The van der Waals surface area contributed by atoms with Crippen LogP contribution in [0.25, 0.3) is 16.8 Å². The molecular formula is C24H23ClN4O3. The van der Waals surface area contributed by atoms with Crippen LogP contribution in [0.1, 0.15) is 39.2 Å². The molecule has 0 radical (unpaired) electrons. The van der Waals surface area contributed by atoms with Gasteiger partial charge in [0.2, 0.25) is 5.88 Å². The van der Waals surface area contributed by atoms with E-state index in [9.17, 15) is 4.79 Å². The van der Waals surface area contributed by atoms with Gasteiger partial charge in [-0.3, -0.25) is 4.79 Å². The summed E-state index contributed by atoms with van der Waals surface area (Å²) in [6.45, 7) is 8.93. The molecule has 4 rings (SSSR count). The molecule has 0 spiro atoms. The molecule has 0 aromatic carbocycles. The van der Waals surface area contributed by atoms with Crippen LogP contribution in [0, 0.1) is 0 Å². The van der Waals surface area contributed by atoms with Gasteiger partial charge in [-0.1, -0.05) is 23.3 Å². The van der Waals surface area contributed by atoms with E-state index in [1.807, 2.05) is 44.2 Å². The van der Waals surface area contributed by atoms with E-state index in [0.717, 1.165) is 35.1 Å². The SMILES string of the molecule is C=N/C(=C\C=C(C)C)Oc1ccc2c(-c3ccc(C4(OC(C)=O)CC4)c(Cl)n3)cnn2c1. The molecule has 1 aliphatic rings. The van der Waals surface area contributed by atoms with Gasteiger partial charge < -0.3 is 9.47 Å².